The molecule has 0 saturated heterocycles. The molecule has 0 spiro atoms. The molecule has 0 aliphatic carbocycles. The molecule has 3 rings (SSSR count). The first kappa shape index (κ1) is 23.7. The van der Waals surface area contributed by atoms with Crippen LogP contribution >= 0.6 is 11.3 Å². The summed E-state index contributed by atoms with van der Waals surface area (Å²) in [6.45, 7) is 12.6. The topological polar surface area (TPSA) is 88.5 Å². The molecular weight excluding hydrogens is 422 g/mol. The van der Waals surface area contributed by atoms with Crippen molar-refractivity contribution < 1.29 is 9.53 Å². The fourth-order valence-electron chi connectivity index (χ4n) is 2.88. The minimum atomic E-state index is -0.491. The highest BCUT2D eigenvalue weighted by atomic mass is 32.1. The molecule has 7 nitrogen and oxygen atoms in total. The lowest BCUT2D eigenvalue weighted by Crippen LogP contribution is -2.33. The minimum Gasteiger partial charge on any atom is -0.444 e. The summed E-state index contributed by atoms with van der Waals surface area (Å²) >= 11 is 1.68. The normalized spacial score (nSPS) is 12.3. The van der Waals surface area contributed by atoms with Gasteiger partial charge in [-0.1, -0.05) is 45.0 Å². The molecular formula is C24H31N5O2S. The van der Waals surface area contributed by atoms with E-state index in [9.17, 15) is 4.79 Å². The number of hydrazone groups is 1. The Balaban J connectivity index is 1.55. The summed E-state index contributed by atoms with van der Waals surface area (Å²) in [6, 6.07) is 10.2. The van der Waals surface area contributed by atoms with Crippen molar-refractivity contribution in [2.24, 2.45) is 5.10 Å². The van der Waals surface area contributed by atoms with Crippen LogP contribution in [0.3, 0.4) is 0 Å². The third-order valence-corrected chi connectivity index (χ3v) is 5.98. The number of alkyl carbamates (subject to hydrolysis) is 1. The maximum atomic E-state index is 11.7. The number of aromatic nitrogens is 2. The molecule has 170 valence electrons. The van der Waals surface area contributed by atoms with E-state index in [4.69, 9.17) is 4.74 Å². The molecule has 1 amide bonds. The molecule has 0 bridgehead atoms. The standard InChI is InChI=1S/C24H31N5O2S/c1-23(2,3)19-13-18-20(26-15-27-21(18)32-19)29-28-14-17-9-7-16(8-10-17)11-12-25-22(30)31-24(4,5)6/h7-10,13-15H,11-12H2,1-6H3,(H,25,30)(H,26,27,29). The minimum absolute atomic E-state index is 0.0655. The van der Waals surface area contributed by atoms with Crippen molar-refractivity contribution in [3.8, 4) is 0 Å². The molecule has 0 unspecified atom stereocenters. The number of nitrogens with zero attached hydrogens (tertiary/aromatic N) is 3. The van der Waals surface area contributed by atoms with Crippen molar-refractivity contribution in [2.75, 3.05) is 12.0 Å². The van der Waals surface area contributed by atoms with E-state index in [1.165, 1.54) is 4.88 Å². The van der Waals surface area contributed by atoms with Gasteiger partial charge in [-0.15, -0.1) is 11.3 Å². The molecule has 32 heavy (non-hydrogen) atoms. The van der Waals surface area contributed by atoms with Crippen LogP contribution in [0.2, 0.25) is 0 Å². The Morgan fingerprint density at radius 2 is 1.84 bits per heavy atom. The first-order valence-electron chi connectivity index (χ1n) is 10.6. The Morgan fingerprint density at radius 1 is 1.12 bits per heavy atom. The van der Waals surface area contributed by atoms with E-state index >= 15 is 0 Å². The van der Waals surface area contributed by atoms with Crippen LogP contribution in [0.25, 0.3) is 10.2 Å². The van der Waals surface area contributed by atoms with E-state index in [1.54, 1.807) is 23.9 Å². The van der Waals surface area contributed by atoms with Crippen LogP contribution < -0.4 is 10.7 Å². The van der Waals surface area contributed by atoms with Gasteiger partial charge in [0.05, 0.1) is 11.6 Å². The lowest BCUT2D eigenvalue weighted by atomic mass is 9.94. The van der Waals surface area contributed by atoms with Crippen molar-refractivity contribution in [1.82, 2.24) is 15.3 Å². The Labute approximate surface area is 193 Å². The first-order chi connectivity index (χ1) is 15.0. The maximum absolute atomic E-state index is 11.7. The summed E-state index contributed by atoms with van der Waals surface area (Å²) in [6.07, 6.45) is 3.64. The van der Waals surface area contributed by atoms with Crippen LogP contribution in [0.4, 0.5) is 10.6 Å². The summed E-state index contributed by atoms with van der Waals surface area (Å²) in [4.78, 5) is 22.6. The van der Waals surface area contributed by atoms with E-state index in [0.717, 1.165) is 27.8 Å². The Hall–Kier alpha value is -3.00. The number of nitrogens with one attached hydrogen (secondary N) is 2. The average Bonchev–Trinajstić information content (AvgIpc) is 3.14. The summed E-state index contributed by atoms with van der Waals surface area (Å²) in [5.41, 5.74) is 4.71. The highest BCUT2D eigenvalue weighted by Gasteiger charge is 2.19. The van der Waals surface area contributed by atoms with Crippen LogP contribution in [-0.4, -0.2) is 34.4 Å². The molecule has 2 N–H and O–H groups in total. The van der Waals surface area contributed by atoms with Gasteiger partial charge in [-0.25, -0.2) is 14.8 Å². The second-order valence-electron chi connectivity index (χ2n) is 9.59. The largest absolute Gasteiger partial charge is 0.444 e. The number of thiophene rings is 1. The van der Waals surface area contributed by atoms with Gasteiger partial charge in [0.2, 0.25) is 0 Å². The van der Waals surface area contributed by atoms with Crippen LogP contribution in [0.15, 0.2) is 41.8 Å². The lowest BCUT2D eigenvalue weighted by Gasteiger charge is -2.19. The number of carbonyl (C=O) groups excluding carboxylic acids is 1. The number of ether oxygens (including phenoxy) is 1. The maximum Gasteiger partial charge on any atom is 0.407 e. The van der Waals surface area contributed by atoms with E-state index in [-0.39, 0.29) is 5.41 Å². The molecule has 0 atom stereocenters. The first-order valence-corrected chi connectivity index (χ1v) is 11.4. The lowest BCUT2D eigenvalue weighted by molar-refractivity contribution is 0.0528. The van der Waals surface area contributed by atoms with E-state index in [1.807, 2.05) is 45.0 Å². The number of anilines is 1. The fourth-order valence-corrected chi connectivity index (χ4v) is 3.93. The zero-order chi connectivity index (χ0) is 23.4. The highest BCUT2D eigenvalue weighted by Crippen LogP contribution is 2.35. The molecule has 0 fully saturated rings. The molecule has 3 aromatic rings. The van der Waals surface area contributed by atoms with Crippen molar-refractivity contribution in [3.63, 3.8) is 0 Å². The predicted octanol–water partition coefficient (Wildman–Crippen LogP) is 5.50. The van der Waals surface area contributed by atoms with Crippen LogP contribution in [-0.2, 0) is 16.6 Å². The second kappa shape index (κ2) is 9.65. The second-order valence-corrected chi connectivity index (χ2v) is 10.6. The van der Waals surface area contributed by atoms with Crippen molar-refractivity contribution in [1.29, 1.82) is 0 Å². The fraction of sp³-hybridized carbons (Fsp3) is 0.417. The highest BCUT2D eigenvalue weighted by molar-refractivity contribution is 7.18. The van der Waals surface area contributed by atoms with E-state index < -0.39 is 11.7 Å². The number of rotatable bonds is 6. The molecule has 1 aromatic carbocycles. The number of hydrogen-bond acceptors (Lipinski definition) is 7. The number of benzene rings is 1. The Kier molecular flexibility index (Phi) is 7.13. The quantitative estimate of drug-likeness (QED) is 0.380. The molecule has 0 aliphatic rings. The third-order valence-electron chi connectivity index (χ3n) is 4.51. The summed E-state index contributed by atoms with van der Waals surface area (Å²) in [7, 11) is 0. The van der Waals surface area contributed by atoms with Gasteiger partial charge in [0.1, 0.15) is 16.8 Å². The summed E-state index contributed by atoms with van der Waals surface area (Å²) in [5.74, 6) is 0.697. The number of hydrogen-bond donors (Lipinski definition) is 2. The van der Waals surface area contributed by atoms with E-state index in [2.05, 4.69) is 52.6 Å². The van der Waals surface area contributed by atoms with Gasteiger partial charge < -0.3 is 10.1 Å². The van der Waals surface area contributed by atoms with Crippen LogP contribution in [0, 0.1) is 0 Å². The Bertz CT molecular complexity index is 1090. The summed E-state index contributed by atoms with van der Waals surface area (Å²) in [5, 5.41) is 8.10. The van der Waals surface area contributed by atoms with Gasteiger partial charge in [0.25, 0.3) is 0 Å². The SMILES string of the molecule is CC(C)(C)OC(=O)NCCc1ccc(C=NNc2ncnc3sc(C(C)(C)C)cc23)cc1. The van der Waals surface area contributed by atoms with Crippen LogP contribution in [0.5, 0.6) is 0 Å². The van der Waals surface area contributed by atoms with Crippen molar-refractivity contribution in [3.05, 3.63) is 52.7 Å². The number of amides is 1. The molecule has 0 radical (unpaired) electrons. The molecule has 2 aromatic heterocycles. The number of fused-ring (bicyclic) bond motifs is 1. The molecule has 0 aliphatic heterocycles. The molecule has 8 heteroatoms. The van der Waals surface area contributed by atoms with Gasteiger partial charge in [-0.2, -0.15) is 5.10 Å². The van der Waals surface area contributed by atoms with Crippen LogP contribution in [0.1, 0.15) is 57.5 Å². The zero-order valence-corrected chi connectivity index (χ0v) is 20.3. The van der Waals surface area contributed by atoms with Gasteiger partial charge in [0, 0.05) is 11.4 Å². The molecule has 2 heterocycles. The number of carbonyl (C=O) groups is 1. The summed E-state index contributed by atoms with van der Waals surface area (Å²) < 4.78 is 5.24. The molecule has 0 saturated carbocycles. The predicted molar refractivity (Wildman–Crippen MR) is 132 cm³/mol. The van der Waals surface area contributed by atoms with Crippen molar-refractivity contribution >= 4 is 39.7 Å². The Morgan fingerprint density at radius 3 is 2.50 bits per heavy atom. The van der Waals surface area contributed by atoms with Gasteiger partial charge >= 0.3 is 6.09 Å². The smallest absolute Gasteiger partial charge is 0.407 e. The average molecular weight is 454 g/mol. The van der Waals surface area contributed by atoms with Gasteiger partial charge in [-0.3, -0.25) is 5.43 Å². The van der Waals surface area contributed by atoms with Crippen molar-refractivity contribution in [2.45, 2.75) is 59.0 Å². The van der Waals surface area contributed by atoms with E-state index in [0.29, 0.717) is 12.4 Å². The monoisotopic (exact) mass is 453 g/mol. The zero-order valence-electron chi connectivity index (χ0n) is 19.5. The van der Waals surface area contributed by atoms with Gasteiger partial charge in [-0.05, 0) is 49.8 Å². The van der Waals surface area contributed by atoms with Gasteiger partial charge in [0.15, 0.2) is 5.82 Å². The third kappa shape index (κ3) is 6.75.